The smallest absolute Gasteiger partial charge is 0.261 e. The van der Waals surface area contributed by atoms with Crippen molar-refractivity contribution in [3.8, 4) is 0 Å². The summed E-state index contributed by atoms with van der Waals surface area (Å²) in [5, 5.41) is 7.33. The molecule has 1 N–H and O–H groups in total. The predicted molar refractivity (Wildman–Crippen MR) is 72.3 cm³/mol. The first-order valence-electron chi connectivity index (χ1n) is 7.33. The van der Waals surface area contributed by atoms with Gasteiger partial charge in [0.1, 0.15) is 6.61 Å². The molecular formula is C13H22F2N4O2. The quantitative estimate of drug-likeness (QED) is 0.729. The molecule has 21 heavy (non-hydrogen) atoms. The Bertz CT molecular complexity index is 411. The molecular weight excluding hydrogens is 282 g/mol. The van der Waals surface area contributed by atoms with Crippen LogP contribution >= 0.6 is 0 Å². The van der Waals surface area contributed by atoms with Gasteiger partial charge in [-0.05, 0) is 6.42 Å². The Balaban J connectivity index is 1.85. The van der Waals surface area contributed by atoms with Crippen molar-refractivity contribution in [2.75, 3.05) is 39.4 Å². The lowest BCUT2D eigenvalue weighted by molar-refractivity contribution is 0.0171. The van der Waals surface area contributed by atoms with E-state index in [1.807, 2.05) is 0 Å². The highest BCUT2D eigenvalue weighted by Crippen LogP contribution is 2.21. The van der Waals surface area contributed by atoms with E-state index in [1.54, 1.807) is 0 Å². The highest BCUT2D eigenvalue weighted by atomic mass is 19.3. The van der Waals surface area contributed by atoms with Crippen LogP contribution in [0.1, 0.15) is 31.1 Å². The molecule has 8 heteroatoms. The minimum Gasteiger partial charge on any atom is -0.375 e. The molecule has 0 saturated carbocycles. The molecule has 1 aliphatic heterocycles. The van der Waals surface area contributed by atoms with Crippen LogP contribution < -0.4 is 5.32 Å². The second-order valence-electron chi connectivity index (χ2n) is 4.97. The Morgan fingerprint density at radius 3 is 2.81 bits per heavy atom. The number of nitrogens with zero attached hydrogens (tertiary/aromatic N) is 3. The summed E-state index contributed by atoms with van der Waals surface area (Å²) in [4.78, 5) is 6.70. The Labute approximate surface area is 122 Å². The molecule has 1 aromatic rings. The van der Waals surface area contributed by atoms with Gasteiger partial charge in [-0.25, -0.2) is 8.78 Å². The molecule has 0 spiro atoms. The van der Waals surface area contributed by atoms with Gasteiger partial charge < -0.3 is 14.6 Å². The maximum Gasteiger partial charge on any atom is 0.261 e. The molecule has 1 unspecified atom stereocenters. The minimum atomic E-state index is -2.44. The van der Waals surface area contributed by atoms with E-state index in [1.165, 1.54) is 0 Å². The van der Waals surface area contributed by atoms with Gasteiger partial charge in [-0.3, -0.25) is 4.90 Å². The number of piperazine rings is 1. The third-order valence-electron chi connectivity index (χ3n) is 3.47. The van der Waals surface area contributed by atoms with Crippen LogP contribution in [0.2, 0.25) is 0 Å². The summed E-state index contributed by atoms with van der Waals surface area (Å²) in [6.45, 7) is 5.54. The van der Waals surface area contributed by atoms with Gasteiger partial charge in [-0.2, -0.15) is 4.98 Å². The molecule has 0 amide bonds. The third kappa shape index (κ3) is 4.98. The maximum absolute atomic E-state index is 11.9. The number of hydrogen-bond acceptors (Lipinski definition) is 6. The van der Waals surface area contributed by atoms with Crippen LogP contribution in [-0.2, 0) is 11.2 Å². The molecule has 0 aliphatic carbocycles. The number of hydrogen-bond donors (Lipinski definition) is 1. The van der Waals surface area contributed by atoms with Crippen LogP contribution in [0.15, 0.2) is 4.52 Å². The molecule has 6 nitrogen and oxygen atoms in total. The van der Waals surface area contributed by atoms with Crippen molar-refractivity contribution >= 4 is 0 Å². The van der Waals surface area contributed by atoms with Crippen molar-refractivity contribution in [1.29, 1.82) is 0 Å². The first-order chi connectivity index (χ1) is 10.2. The zero-order chi connectivity index (χ0) is 15.1. The zero-order valence-electron chi connectivity index (χ0n) is 12.2. The highest BCUT2D eigenvalue weighted by molar-refractivity contribution is 4.96. The van der Waals surface area contributed by atoms with Crippen molar-refractivity contribution in [1.82, 2.24) is 20.4 Å². The van der Waals surface area contributed by atoms with Crippen molar-refractivity contribution in [2.45, 2.75) is 32.2 Å². The molecule has 1 saturated heterocycles. The standard InChI is InChI=1S/C13H22F2N4O2/c1-2-10(19-6-4-16-5-7-19)13-17-12(21-18-13)3-8-20-9-11(14)15/h10-11,16H,2-9H2,1H3. The van der Waals surface area contributed by atoms with E-state index < -0.39 is 13.0 Å². The minimum absolute atomic E-state index is 0.145. The topological polar surface area (TPSA) is 63.4 Å². The SMILES string of the molecule is CCC(c1noc(CCOCC(F)F)n1)N1CCNCC1. The van der Waals surface area contributed by atoms with E-state index in [-0.39, 0.29) is 12.6 Å². The van der Waals surface area contributed by atoms with Crippen LogP contribution in [0.5, 0.6) is 0 Å². The molecule has 0 radical (unpaired) electrons. The highest BCUT2D eigenvalue weighted by Gasteiger charge is 2.24. The summed E-state index contributed by atoms with van der Waals surface area (Å²) in [7, 11) is 0. The molecule has 1 fully saturated rings. The molecule has 2 heterocycles. The van der Waals surface area contributed by atoms with E-state index in [4.69, 9.17) is 9.26 Å². The summed E-state index contributed by atoms with van der Waals surface area (Å²) in [5.41, 5.74) is 0. The number of nitrogens with one attached hydrogen (secondary N) is 1. The van der Waals surface area contributed by atoms with Crippen LogP contribution in [0.25, 0.3) is 0 Å². The second-order valence-corrected chi connectivity index (χ2v) is 4.97. The molecule has 1 atom stereocenters. The van der Waals surface area contributed by atoms with Crippen molar-refractivity contribution in [3.63, 3.8) is 0 Å². The van der Waals surface area contributed by atoms with Gasteiger partial charge in [0, 0.05) is 26.2 Å². The van der Waals surface area contributed by atoms with Crippen LogP contribution in [0, 0.1) is 0 Å². The van der Waals surface area contributed by atoms with E-state index in [0.717, 1.165) is 32.6 Å². The zero-order valence-corrected chi connectivity index (χ0v) is 12.2. The Kier molecular flexibility index (Phi) is 6.47. The lowest BCUT2D eigenvalue weighted by atomic mass is 10.1. The molecule has 1 aromatic heterocycles. The van der Waals surface area contributed by atoms with Gasteiger partial charge in [0.15, 0.2) is 5.82 Å². The van der Waals surface area contributed by atoms with Gasteiger partial charge in [-0.15, -0.1) is 0 Å². The summed E-state index contributed by atoms with van der Waals surface area (Å²) in [6, 6.07) is 0.145. The molecule has 1 aliphatic rings. The number of aromatic nitrogens is 2. The molecule has 0 aromatic carbocycles. The van der Waals surface area contributed by atoms with Gasteiger partial charge in [0.05, 0.1) is 19.1 Å². The van der Waals surface area contributed by atoms with Crippen molar-refractivity contribution in [3.05, 3.63) is 11.7 Å². The average Bonchev–Trinajstić information content (AvgIpc) is 2.94. The van der Waals surface area contributed by atoms with Gasteiger partial charge in [-0.1, -0.05) is 12.1 Å². The second kappa shape index (κ2) is 8.35. The third-order valence-corrected chi connectivity index (χ3v) is 3.47. The Morgan fingerprint density at radius 1 is 1.38 bits per heavy atom. The fourth-order valence-corrected chi connectivity index (χ4v) is 2.43. The molecule has 0 bridgehead atoms. The lowest BCUT2D eigenvalue weighted by Crippen LogP contribution is -2.45. The van der Waals surface area contributed by atoms with Crippen molar-refractivity contribution < 1.29 is 18.0 Å². The number of halogens is 2. The van der Waals surface area contributed by atoms with Crippen LogP contribution in [-0.4, -0.2) is 60.9 Å². The fraction of sp³-hybridized carbons (Fsp3) is 0.846. The van der Waals surface area contributed by atoms with Gasteiger partial charge in [0.25, 0.3) is 6.43 Å². The van der Waals surface area contributed by atoms with E-state index in [0.29, 0.717) is 18.1 Å². The number of alkyl halides is 2. The van der Waals surface area contributed by atoms with Crippen LogP contribution in [0.3, 0.4) is 0 Å². The Hall–Kier alpha value is -1.12. The summed E-state index contributed by atoms with van der Waals surface area (Å²) in [5.74, 6) is 1.11. The first-order valence-corrected chi connectivity index (χ1v) is 7.33. The summed E-state index contributed by atoms with van der Waals surface area (Å²) < 4.78 is 33.9. The lowest BCUT2D eigenvalue weighted by Gasteiger charge is -2.32. The van der Waals surface area contributed by atoms with Gasteiger partial charge >= 0.3 is 0 Å². The van der Waals surface area contributed by atoms with E-state index >= 15 is 0 Å². The maximum atomic E-state index is 11.9. The van der Waals surface area contributed by atoms with Gasteiger partial charge in [0.2, 0.25) is 5.89 Å². The van der Waals surface area contributed by atoms with E-state index in [2.05, 4.69) is 27.3 Å². The average molecular weight is 304 g/mol. The summed E-state index contributed by atoms with van der Waals surface area (Å²) >= 11 is 0. The Morgan fingerprint density at radius 2 is 2.14 bits per heavy atom. The monoisotopic (exact) mass is 304 g/mol. The number of rotatable bonds is 8. The fourth-order valence-electron chi connectivity index (χ4n) is 2.43. The molecule has 120 valence electrons. The number of ether oxygens (including phenoxy) is 1. The first kappa shape index (κ1) is 16.3. The van der Waals surface area contributed by atoms with E-state index in [9.17, 15) is 8.78 Å². The normalized spacial score (nSPS) is 18.3. The molecule has 2 rings (SSSR count). The summed E-state index contributed by atoms with van der Waals surface area (Å²) in [6.07, 6.45) is -1.18. The van der Waals surface area contributed by atoms with Crippen molar-refractivity contribution in [2.24, 2.45) is 0 Å². The van der Waals surface area contributed by atoms with Crippen LogP contribution in [0.4, 0.5) is 8.78 Å². The predicted octanol–water partition coefficient (Wildman–Crippen LogP) is 1.25. The largest absolute Gasteiger partial charge is 0.375 e.